The lowest BCUT2D eigenvalue weighted by molar-refractivity contribution is 0.202. The zero-order valence-electron chi connectivity index (χ0n) is 20.1. The molecule has 0 aliphatic carbocycles. The summed E-state index contributed by atoms with van der Waals surface area (Å²) < 4.78 is 0.224. The summed E-state index contributed by atoms with van der Waals surface area (Å²) in [6.07, 6.45) is 6.08. The molecule has 0 fully saturated rings. The second kappa shape index (κ2) is 13.0. The fourth-order valence-electron chi connectivity index (χ4n) is 3.69. The summed E-state index contributed by atoms with van der Waals surface area (Å²) in [5.74, 6) is 0.775. The SMILES string of the molecule is CCCCCCC(C)(C)SCC(O)CN(c1ccc(Nc2ccccc2)cc1)C(C)C. The number of aliphatic hydroxyl groups is 1. The van der Waals surface area contributed by atoms with E-state index in [2.05, 4.69) is 81.2 Å². The van der Waals surface area contributed by atoms with Crippen molar-refractivity contribution in [3.05, 3.63) is 54.6 Å². The highest BCUT2D eigenvalue weighted by Crippen LogP contribution is 2.31. The van der Waals surface area contributed by atoms with Gasteiger partial charge in [-0.15, -0.1) is 0 Å². The number of benzene rings is 2. The van der Waals surface area contributed by atoms with Crippen LogP contribution in [-0.4, -0.2) is 34.3 Å². The van der Waals surface area contributed by atoms with Crippen LogP contribution in [0.5, 0.6) is 0 Å². The van der Waals surface area contributed by atoms with Gasteiger partial charge in [0, 0.05) is 40.1 Å². The number of unbranched alkanes of at least 4 members (excludes halogenated alkanes) is 3. The maximum absolute atomic E-state index is 10.8. The van der Waals surface area contributed by atoms with E-state index in [9.17, 15) is 5.11 Å². The van der Waals surface area contributed by atoms with Gasteiger partial charge in [0.2, 0.25) is 0 Å². The number of aliphatic hydroxyl groups excluding tert-OH is 1. The van der Waals surface area contributed by atoms with Crippen LogP contribution in [0.15, 0.2) is 54.6 Å². The molecule has 172 valence electrons. The summed E-state index contributed by atoms with van der Waals surface area (Å²) >= 11 is 1.91. The van der Waals surface area contributed by atoms with E-state index in [1.807, 2.05) is 30.0 Å². The average Bonchev–Trinajstić information content (AvgIpc) is 2.75. The number of hydrogen-bond donors (Lipinski definition) is 2. The lowest BCUT2D eigenvalue weighted by Crippen LogP contribution is -2.39. The quantitative estimate of drug-likeness (QED) is 0.297. The Kier molecular flexibility index (Phi) is 10.8. The van der Waals surface area contributed by atoms with Crippen LogP contribution >= 0.6 is 11.8 Å². The van der Waals surface area contributed by atoms with E-state index in [1.54, 1.807) is 0 Å². The third kappa shape index (κ3) is 9.57. The van der Waals surface area contributed by atoms with E-state index in [0.29, 0.717) is 12.6 Å². The fourth-order valence-corrected chi connectivity index (χ4v) is 4.73. The van der Waals surface area contributed by atoms with Crippen LogP contribution in [0, 0.1) is 0 Å². The topological polar surface area (TPSA) is 35.5 Å². The molecule has 0 heterocycles. The number of thioether (sulfide) groups is 1. The Balaban J connectivity index is 1.88. The van der Waals surface area contributed by atoms with Crippen molar-refractivity contribution in [2.45, 2.75) is 83.6 Å². The fraction of sp³-hybridized carbons (Fsp3) is 0.556. The standard InChI is InChI=1S/C27H42N2OS/c1-6-7-8-12-19-27(4,5)31-21-26(30)20-29(22(2)3)25-17-15-24(16-18-25)28-23-13-10-9-11-14-23/h9-11,13-18,22,26,28,30H,6-8,12,19-21H2,1-5H3. The van der Waals surface area contributed by atoms with E-state index in [4.69, 9.17) is 0 Å². The van der Waals surface area contributed by atoms with Gasteiger partial charge in [0.05, 0.1) is 6.10 Å². The molecular weight excluding hydrogens is 400 g/mol. The third-order valence-corrected chi connectivity index (χ3v) is 7.13. The molecule has 1 unspecified atom stereocenters. The van der Waals surface area contributed by atoms with Crippen LogP contribution in [0.25, 0.3) is 0 Å². The number of rotatable bonds is 14. The third-order valence-electron chi connectivity index (χ3n) is 5.59. The molecule has 0 saturated heterocycles. The maximum atomic E-state index is 10.8. The Morgan fingerprint density at radius 1 is 0.935 bits per heavy atom. The molecule has 0 amide bonds. The molecule has 0 aromatic heterocycles. The molecule has 2 aromatic carbocycles. The molecule has 31 heavy (non-hydrogen) atoms. The maximum Gasteiger partial charge on any atom is 0.0805 e. The second-order valence-electron chi connectivity index (χ2n) is 9.32. The van der Waals surface area contributed by atoms with Crippen molar-refractivity contribution in [1.82, 2.24) is 0 Å². The predicted molar refractivity (Wildman–Crippen MR) is 140 cm³/mol. The van der Waals surface area contributed by atoms with Crippen molar-refractivity contribution in [3.8, 4) is 0 Å². The largest absolute Gasteiger partial charge is 0.390 e. The molecular formula is C27H42N2OS. The van der Waals surface area contributed by atoms with Crippen LogP contribution < -0.4 is 10.2 Å². The van der Waals surface area contributed by atoms with E-state index < -0.39 is 0 Å². The van der Waals surface area contributed by atoms with Crippen molar-refractivity contribution < 1.29 is 5.11 Å². The average molecular weight is 443 g/mol. The number of nitrogens with zero attached hydrogens (tertiary/aromatic N) is 1. The Bertz CT molecular complexity index is 731. The van der Waals surface area contributed by atoms with Crippen molar-refractivity contribution >= 4 is 28.8 Å². The van der Waals surface area contributed by atoms with Crippen molar-refractivity contribution in [1.29, 1.82) is 0 Å². The molecule has 0 radical (unpaired) electrons. The molecule has 2 N–H and O–H groups in total. The molecule has 0 aliphatic heterocycles. The van der Waals surface area contributed by atoms with E-state index in [0.717, 1.165) is 22.8 Å². The summed E-state index contributed by atoms with van der Waals surface area (Å²) in [5, 5.41) is 14.2. The van der Waals surface area contributed by atoms with Gasteiger partial charge >= 0.3 is 0 Å². The number of nitrogens with one attached hydrogen (secondary N) is 1. The van der Waals surface area contributed by atoms with Gasteiger partial charge in [-0.25, -0.2) is 0 Å². The number of anilines is 3. The van der Waals surface area contributed by atoms with Crippen molar-refractivity contribution in [2.75, 3.05) is 22.5 Å². The summed E-state index contributed by atoms with van der Waals surface area (Å²) in [4.78, 5) is 2.30. The van der Waals surface area contributed by atoms with Gasteiger partial charge in [0.1, 0.15) is 0 Å². The minimum Gasteiger partial charge on any atom is -0.390 e. The monoisotopic (exact) mass is 442 g/mol. The Labute approximate surface area is 194 Å². The predicted octanol–water partition coefficient (Wildman–Crippen LogP) is 7.49. The van der Waals surface area contributed by atoms with Crippen LogP contribution in [0.4, 0.5) is 17.1 Å². The molecule has 3 nitrogen and oxygen atoms in total. The molecule has 4 heteroatoms. The first kappa shape index (κ1) is 25.6. The molecule has 0 spiro atoms. The van der Waals surface area contributed by atoms with E-state index in [-0.39, 0.29) is 10.9 Å². The van der Waals surface area contributed by atoms with Gasteiger partial charge in [-0.2, -0.15) is 11.8 Å². The zero-order valence-corrected chi connectivity index (χ0v) is 20.9. The van der Waals surface area contributed by atoms with Crippen LogP contribution in [-0.2, 0) is 0 Å². The summed E-state index contributed by atoms with van der Waals surface area (Å²) in [6, 6.07) is 19.0. The molecule has 0 aliphatic rings. The molecule has 2 rings (SSSR count). The first-order valence-electron chi connectivity index (χ1n) is 11.8. The van der Waals surface area contributed by atoms with E-state index in [1.165, 1.54) is 32.1 Å². The highest BCUT2D eigenvalue weighted by molar-refractivity contribution is 8.00. The summed E-state index contributed by atoms with van der Waals surface area (Å²) in [7, 11) is 0. The van der Waals surface area contributed by atoms with Crippen molar-refractivity contribution in [2.24, 2.45) is 0 Å². The van der Waals surface area contributed by atoms with Gasteiger partial charge in [-0.1, -0.05) is 64.7 Å². The Morgan fingerprint density at radius 2 is 1.58 bits per heavy atom. The van der Waals surface area contributed by atoms with Gasteiger partial charge in [-0.05, 0) is 56.7 Å². The van der Waals surface area contributed by atoms with Gasteiger partial charge in [0.25, 0.3) is 0 Å². The van der Waals surface area contributed by atoms with Gasteiger partial charge < -0.3 is 15.3 Å². The molecule has 2 aromatic rings. The minimum absolute atomic E-state index is 0.224. The zero-order chi connectivity index (χ0) is 22.7. The highest BCUT2D eigenvalue weighted by Gasteiger charge is 2.22. The summed E-state index contributed by atoms with van der Waals surface area (Å²) in [6.45, 7) is 11.9. The molecule has 1 atom stereocenters. The number of para-hydroxylation sites is 1. The first-order valence-corrected chi connectivity index (χ1v) is 12.8. The van der Waals surface area contributed by atoms with Crippen LogP contribution in [0.2, 0.25) is 0 Å². The van der Waals surface area contributed by atoms with E-state index >= 15 is 0 Å². The molecule has 0 saturated carbocycles. The lowest BCUT2D eigenvalue weighted by Gasteiger charge is -2.32. The second-order valence-corrected chi connectivity index (χ2v) is 11.0. The van der Waals surface area contributed by atoms with Crippen LogP contribution in [0.1, 0.15) is 66.7 Å². The molecule has 0 bridgehead atoms. The smallest absolute Gasteiger partial charge is 0.0805 e. The number of hydrogen-bond acceptors (Lipinski definition) is 4. The highest BCUT2D eigenvalue weighted by atomic mass is 32.2. The van der Waals surface area contributed by atoms with Gasteiger partial charge in [0.15, 0.2) is 0 Å². The van der Waals surface area contributed by atoms with Gasteiger partial charge in [-0.3, -0.25) is 0 Å². The summed E-state index contributed by atoms with van der Waals surface area (Å²) in [5.41, 5.74) is 3.30. The Hall–Kier alpha value is -1.65. The lowest BCUT2D eigenvalue weighted by atomic mass is 10.0. The Morgan fingerprint density at radius 3 is 2.19 bits per heavy atom. The van der Waals surface area contributed by atoms with Crippen LogP contribution in [0.3, 0.4) is 0 Å². The van der Waals surface area contributed by atoms with Crippen molar-refractivity contribution in [3.63, 3.8) is 0 Å². The minimum atomic E-state index is -0.343. The first-order chi connectivity index (χ1) is 14.8. The normalized spacial score (nSPS) is 12.7.